The fraction of sp³-hybridized carbons (Fsp3) is 0.565. The maximum atomic E-state index is 15.1. The molecule has 1 unspecified atom stereocenters. The number of nitrogens with one attached hydrogen (secondary N) is 1. The third-order valence-corrected chi connectivity index (χ3v) is 15.5. The van der Waals surface area contributed by atoms with Crippen LogP contribution >= 0.6 is 11.6 Å². The fourth-order valence-electron chi connectivity index (χ4n) is 9.73. The van der Waals surface area contributed by atoms with Gasteiger partial charge in [-0.2, -0.15) is 0 Å². The number of amides is 2. The molecule has 1 aliphatic carbocycles. The van der Waals surface area contributed by atoms with Crippen LogP contribution in [0.4, 0.5) is 5.69 Å². The minimum atomic E-state index is -3.70. The largest absolute Gasteiger partial charge is 0.491 e. The van der Waals surface area contributed by atoms with E-state index >= 15 is 4.21 Å². The molecule has 7 atom stereocenters. The van der Waals surface area contributed by atoms with Crippen LogP contribution in [0.5, 0.6) is 5.75 Å². The molecule has 2 aromatic carbocycles. The molecule has 15 heteroatoms. The Morgan fingerprint density at radius 2 is 1.82 bits per heavy atom. The number of morpholine rings is 1. The molecule has 8 rings (SSSR count). The van der Waals surface area contributed by atoms with E-state index in [0.29, 0.717) is 54.5 Å². The van der Waals surface area contributed by atoms with Crippen LogP contribution in [-0.4, -0.2) is 121 Å². The maximum Gasteiger partial charge on any atom is 0.286 e. The number of aromatic nitrogens is 1. The van der Waals surface area contributed by atoms with Crippen molar-refractivity contribution in [3.8, 4) is 5.75 Å². The van der Waals surface area contributed by atoms with Crippen molar-refractivity contribution < 1.29 is 32.7 Å². The van der Waals surface area contributed by atoms with E-state index in [9.17, 15) is 9.59 Å². The molecule has 1 N–H and O–H groups in total. The highest BCUT2D eigenvalue weighted by molar-refractivity contribution is 7.92. The summed E-state index contributed by atoms with van der Waals surface area (Å²) in [7, 11) is 1.56. The molecular formula is C46H61ClN6O7S. The summed E-state index contributed by atoms with van der Waals surface area (Å²) >= 11 is 6.52. The fourth-order valence-corrected chi connectivity index (χ4v) is 11.8. The first-order valence-electron chi connectivity index (χ1n) is 21.8. The number of aryl methyl sites for hydroxylation is 2. The number of hydrogen-bond donors (Lipinski definition) is 1. The number of fused-ring (bicyclic) bond motifs is 4. The second kappa shape index (κ2) is 19.3. The summed E-state index contributed by atoms with van der Waals surface area (Å²) in [5.41, 5.74) is 4.70. The van der Waals surface area contributed by atoms with Gasteiger partial charge in [0.2, 0.25) is 0 Å². The second-order valence-electron chi connectivity index (χ2n) is 17.5. The lowest BCUT2D eigenvalue weighted by Gasteiger charge is -2.43. The number of anilines is 1. The van der Waals surface area contributed by atoms with Crippen molar-refractivity contribution >= 4 is 39.0 Å². The van der Waals surface area contributed by atoms with Crippen molar-refractivity contribution in [2.75, 3.05) is 77.4 Å². The first kappa shape index (κ1) is 43.9. The predicted molar refractivity (Wildman–Crippen MR) is 238 cm³/mol. The quantitative estimate of drug-likeness (QED) is 0.289. The van der Waals surface area contributed by atoms with E-state index in [1.54, 1.807) is 26.5 Å². The number of nitrogens with zero attached hydrogens (tertiary/aromatic N) is 5. The molecule has 0 radical (unpaired) electrons. The SMILES string of the molecule is CO[C@H]1/C=C/[C@H](OC)[C@H](C)CS(=O)(NC(=O)c2cc(CN3CCN4CCOC[C@@H]4C3)n(C)c2)=NC(=O)c2ccc3c(c2)N(Cc2ccc(Cl)cc2CCCCO3)C[C@@H]2CC[C@H]21. The molecule has 13 nitrogen and oxygen atoms in total. The van der Waals surface area contributed by atoms with Gasteiger partial charge in [-0.3, -0.25) is 24.1 Å². The summed E-state index contributed by atoms with van der Waals surface area (Å²) in [4.78, 5) is 35.7. The number of ether oxygens (including phenoxy) is 4. The molecule has 1 aromatic heterocycles. The number of carbonyl (C=O) groups is 2. The van der Waals surface area contributed by atoms with Gasteiger partial charge >= 0.3 is 0 Å². The highest BCUT2D eigenvalue weighted by Gasteiger charge is 2.38. The van der Waals surface area contributed by atoms with Gasteiger partial charge in [-0.15, -0.1) is 4.36 Å². The summed E-state index contributed by atoms with van der Waals surface area (Å²) < 4.78 is 48.5. The van der Waals surface area contributed by atoms with E-state index in [1.165, 1.54) is 11.1 Å². The molecule has 3 fully saturated rings. The van der Waals surface area contributed by atoms with E-state index in [0.717, 1.165) is 82.9 Å². The Morgan fingerprint density at radius 3 is 2.62 bits per heavy atom. The van der Waals surface area contributed by atoms with Crippen molar-refractivity contribution in [1.29, 1.82) is 0 Å². The van der Waals surface area contributed by atoms with E-state index in [2.05, 4.69) is 42.0 Å². The van der Waals surface area contributed by atoms with Crippen molar-refractivity contribution in [1.82, 2.24) is 19.1 Å². The van der Waals surface area contributed by atoms with Gasteiger partial charge in [-0.1, -0.05) is 36.7 Å². The summed E-state index contributed by atoms with van der Waals surface area (Å²) in [5.74, 6) is -0.527. The molecule has 2 bridgehead atoms. The topological polar surface area (TPSA) is 127 Å². The predicted octanol–water partition coefficient (Wildman–Crippen LogP) is 6.13. The molecule has 330 valence electrons. The van der Waals surface area contributed by atoms with Crippen LogP contribution in [-0.2, 0) is 50.7 Å². The van der Waals surface area contributed by atoms with Crippen LogP contribution < -0.4 is 14.4 Å². The number of piperazine rings is 1. The molecule has 3 aromatic rings. The van der Waals surface area contributed by atoms with E-state index in [4.69, 9.17) is 30.5 Å². The molecule has 2 saturated heterocycles. The van der Waals surface area contributed by atoms with Gasteiger partial charge in [-0.05, 0) is 97.4 Å². The van der Waals surface area contributed by atoms with Crippen molar-refractivity contribution in [3.63, 3.8) is 0 Å². The maximum absolute atomic E-state index is 15.1. The average Bonchev–Trinajstić information content (AvgIpc) is 3.59. The van der Waals surface area contributed by atoms with Crippen LogP contribution in [0.15, 0.2) is 65.2 Å². The van der Waals surface area contributed by atoms with Crippen LogP contribution in [0.2, 0.25) is 5.02 Å². The zero-order chi connectivity index (χ0) is 42.7. The van der Waals surface area contributed by atoms with Gasteiger partial charge in [0, 0.05) is 95.6 Å². The first-order valence-corrected chi connectivity index (χ1v) is 23.9. The van der Waals surface area contributed by atoms with Crippen LogP contribution in [0.1, 0.15) is 70.1 Å². The molecule has 1 saturated carbocycles. The summed E-state index contributed by atoms with van der Waals surface area (Å²) in [6.07, 6.45) is 9.84. The minimum Gasteiger partial charge on any atom is -0.491 e. The molecule has 5 heterocycles. The number of rotatable bonds is 6. The monoisotopic (exact) mass is 876 g/mol. The summed E-state index contributed by atoms with van der Waals surface area (Å²) in [6, 6.07) is 13.6. The van der Waals surface area contributed by atoms with Gasteiger partial charge in [-0.25, -0.2) is 4.21 Å². The third kappa shape index (κ3) is 10.2. The number of halogens is 1. The van der Waals surface area contributed by atoms with Gasteiger partial charge in [0.15, 0.2) is 0 Å². The van der Waals surface area contributed by atoms with Crippen LogP contribution in [0.3, 0.4) is 0 Å². The number of benzene rings is 2. The average molecular weight is 878 g/mol. The summed E-state index contributed by atoms with van der Waals surface area (Å²) in [5, 5.41) is 0.706. The van der Waals surface area contributed by atoms with Crippen molar-refractivity contribution in [2.45, 2.75) is 70.4 Å². The Hall–Kier alpha value is -3.76. The number of hydrogen-bond acceptors (Lipinski definition) is 10. The van der Waals surface area contributed by atoms with Gasteiger partial charge in [0.05, 0.1) is 49.0 Å². The third-order valence-electron chi connectivity index (χ3n) is 13.4. The Morgan fingerprint density at radius 1 is 0.984 bits per heavy atom. The van der Waals surface area contributed by atoms with Crippen LogP contribution in [0.25, 0.3) is 0 Å². The zero-order valence-electron chi connectivity index (χ0n) is 35.9. The van der Waals surface area contributed by atoms with Gasteiger partial charge in [0.25, 0.3) is 11.8 Å². The lowest BCUT2D eigenvalue weighted by molar-refractivity contribution is -0.0464. The molecule has 2 amide bonds. The first-order chi connectivity index (χ1) is 29.5. The molecule has 4 aliphatic heterocycles. The smallest absolute Gasteiger partial charge is 0.286 e. The van der Waals surface area contributed by atoms with Crippen molar-refractivity contribution in [3.05, 3.63) is 93.8 Å². The molecule has 61 heavy (non-hydrogen) atoms. The van der Waals surface area contributed by atoms with E-state index in [-0.39, 0.29) is 23.3 Å². The normalized spacial score (nSPS) is 29.7. The Kier molecular flexibility index (Phi) is 13.9. The zero-order valence-corrected chi connectivity index (χ0v) is 37.5. The standard InChI is InChI=1S/C46H61ClN6O7S/c1-31-30-61(56,49-46(55)36-22-38(50(2)24-36)27-51-16-17-52-18-20-59-29-39(52)28-51)48-45(54)33-10-13-44-41(23-33)53(25-34-8-11-37(47)21-32(34)7-5-6-19-60-44)26-35-9-12-40(35)43(58-4)15-14-42(31)57-3/h8,10-11,13-15,21-24,31,35,39-40,42-43H,5-7,9,12,16-20,25-30H2,1-4H3,(H,48,49,54,55,56)/b15-14+/t31-,35+,39+,40-,42+,43+,61?/m1/s1. The minimum absolute atomic E-state index is 0.121. The summed E-state index contributed by atoms with van der Waals surface area (Å²) in [6.45, 7) is 9.60. The second-order valence-corrected chi connectivity index (χ2v) is 19.9. The van der Waals surface area contributed by atoms with E-state index in [1.807, 2.05) is 48.9 Å². The lowest BCUT2D eigenvalue weighted by atomic mass is 9.70. The molecule has 0 spiro atoms. The Balaban J connectivity index is 1.14. The van der Waals surface area contributed by atoms with Gasteiger partial charge < -0.3 is 28.4 Å². The molecule has 5 aliphatic rings. The molecular weight excluding hydrogens is 816 g/mol. The van der Waals surface area contributed by atoms with Crippen LogP contribution in [0, 0.1) is 17.8 Å². The Labute approximate surface area is 366 Å². The highest BCUT2D eigenvalue weighted by atomic mass is 35.5. The van der Waals surface area contributed by atoms with Crippen molar-refractivity contribution in [2.24, 2.45) is 29.2 Å². The number of carbonyl (C=O) groups excluding carboxylic acids is 2. The number of methoxy groups -OCH3 is 2. The van der Waals surface area contributed by atoms with E-state index < -0.39 is 33.8 Å². The Bertz CT molecular complexity index is 2220. The lowest BCUT2D eigenvalue weighted by Crippen LogP contribution is -2.57. The van der Waals surface area contributed by atoms with Gasteiger partial charge in [0.1, 0.15) is 15.7 Å². The highest BCUT2D eigenvalue weighted by Crippen LogP contribution is 2.42.